The van der Waals surface area contributed by atoms with Crippen molar-refractivity contribution in [1.82, 2.24) is 9.88 Å². The van der Waals surface area contributed by atoms with Gasteiger partial charge in [-0.3, -0.25) is 9.59 Å². The van der Waals surface area contributed by atoms with E-state index in [1.165, 1.54) is 7.11 Å². The maximum absolute atomic E-state index is 13.1. The summed E-state index contributed by atoms with van der Waals surface area (Å²) in [5.74, 6) is -1.12. The minimum absolute atomic E-state index is 0.0894. The lowest BCUT2D eigenvalue weighted by molar-refractivity contribution is -0.143. The molecule has 3 rings (SSSR count). The molecule has 0 unspecified atom stereocenters. The Morgan fingerprint density at radius 2 is 1.90 bits per heavy atom. The molecule has 6 heteroatoms. The van der Waals surface area contributed by atoms with Crippen molar-refractivity contribution < 1.29 is 14.3 Å². The van der Waals surface area contributed by atoms with E-state index in [-0.39, 0.29) is 11.1 Å². The fourth-order valence-electron chi connectivity index (χ4n) is 3.85. The summed E-state index contributed by atoms with van der Waals surface area (Å²) in [6.45, 7) is 2.69. The van der Waals surface area contributed by atoms with Gasteiger partial charge in [0.1, 0.15) is 5.56 Å². The molecule has 1 heterocycles. The first-order valence-electron chi connectivity index (χ1n) is 10.3. The minimum Gasteiger partial charge on any atom is -0.467 e. The molecule has 0 radical (unpaired) electrons. The van der Waals surface area contributed by atoms with Crippen LogP contribution < -0.4 is 10.9 Å². The highest BCUT2D eigenvalue weighted by Crippen LogP contribution is 2.22. The number of fused-ring (bicyclic) bond motifs is 1. The molecule has 0 spiro atoms. The smallest absolute Gasteiger partial charge is 0.333 e. The molecule has 1 aliphatic carbocycles. The van der Waals surface area contributed by atoms with Crippen LogP contribution in [0.25, 0.3) is 0 Å². The number of benzene rings is 1. The highest BCUT2D eigenvalue weighted by atomic mass is 16.5. The second-order valence-corrected chi connectivity index (χ2v) is 7.39. The Kier molecular flexibility index (Phi) is 6.86. The normalized spacial score (nSPS) is 14.0. The fourth-order valence-corrected chi connectivity index (χ4v) is 3.85. The van der Waals surface area contributed by atoms with Gasteiger partial charge in [0.05, 0.1) is 7.11 Å². The number of aryl methyl sites for hydroxylation is 1. The maximum Gasteiger partial charge on any atom is 0.333 e. The number of amides is 1. The van der Waals surface area contributed by atoms with Crippen LogP contribution in [0, 0.1) is 0 Å². The molecule has 1 aliphatic rings. The van der Waals surface area contributed by atoms with Crippen molar-refractivity contribution in [3.63, 3.8) is 0 Å². The van der Waals surface area contributed by atoms with Gasteiger partial charge in [-0.25, -0.2) is 4.79 Å². The van der Waals surface area contributed by atoms with E-state index in [1.807, 2.05) is 6.07 Å². The number of hydrogen-bond donors (Lipinski definition) is 1. The summed E-state index contributed by atoms with van der Waals surface area (Å²) in [5, 5.41) is 2.70. The topological polar surface area (TPSA) is 77.4 Å². The Morgan fingerprint density at radius 3 is 2.59 bits per heavy atom. The number of methoxy groups -OCH3 is 1. The average Bonchev–Trinajstić information content (AvgIpc) is 2.76. The molecule has 0 bridgehead atoms. The van der Waals surface area contributed by atoms with Crippen molar-refractivity contribution in [1.29, 1.82) is 0 Å². The number of nitrogens with one attached hydrogen (secondary N) is 1. The first-order chi connectivity index (χ1) is 14.1. The second kappa shape index (κ2) is 9.54. The summed E-state index contributed by atoms with van der Waals surface area (Å²) in [6, 6.07) is 9.64. The number of nitrogens with zero attached hydrogens (tertiary/aromatic N) is 1. The molecule has 1 amide bonds. The predicted octanol–water partition coefficient (Wildman–Crippen LogP) is 3.17. The van der Waals surface area contributed by atoms with E-state index < -0.39 is 17.9 Å². The lowest BCUT2D eigenvalue weighted by Gasteiger charge is -2.23. The van der Waals surface area contributed by atoms with Gasteiger partial charge in [-0.15, -0.1) is 0 Å². The first-order valence-corrected chi connectivity index (χ1v) is 10.3. The van der Waals surface area contributed by atoms with Gasteiger partial charge in [0, 0.05) is 12.2 Å². The molecular formula is C23H28N2O4. The van der Waals surface area contributed by atoms with Crippen LogP contribution in [0.2, 0.25) is 0 Å². The number of hydrogen-bond acceptors (Lipinski definition) is 4. The maximum atomic E-state index is 13.1. The predicted molar refractivity (Wildman–Crippen MR) is 111 cm³/mol. The Bertz CT molecular complexity index is 934. The molecule has 29 heavy (non-hydrogen) atoms. The number of unbranched alkanes of at least 4 members (excludes halogenated alkanes) is 1. The fraction of sp³-hybridized carbons (Fsp3) is 0.435. The summed E-state index contributed by atoms with van der Waals surface area (Å²) in [7, 11) is 1.28. The van der Waals surface area contributed by atoms with E-state index in [9.17, 15) is 14.4 Å². The van der Waals surface area contributed by atoms with E-state index >= 15 is 0 Å². The van der Waals surface area contributed by atoms with E-state index in [4.69, 9.17) is 4.74 Å². The van der Waals surface area contributed by atoms with Gasteiger partial charge in [0.2, 0.25) is 0 Å². The molecule has 0 saturated carbocycles. The average molecular weight is 396 g/mol. The first kappa shape index (κ1) is 20.8. The number of pyridine rings is 1. The van der Waals surface area contributed by atoms with Gasteiger partial charge < -0.3 is 14.6 Å². The summed E-state index contributed by atoms with van der Waals surface area (Å²) in [5.41, 5.74) is 2.53. The zero-order valence-electron chi connectivity index (χ0n) is 17.1. The van der Waals surface area contributed by atoms with Crippen LogP contribution in [0.5, 0.6) is 0 Å². The molecule has 2 aromatic rings. The number of aromatic nitrogens is 1. The van der Waals surface area contributed by atoms with Crippen LogP contribution in [0.1, 0.15) is 65.8 Å². The standard InChI is InChI=1S/C23H28N2O4/c1-3-4-14-25-19-13-9-8-12-17(19)15-18(22(25)27)21(26)24-20(23(28)29-2)16-10-6-5-7-11-16/h5-7,10-11,15,20H,3-4,8-9,12-14H2,1-2H3,(H,24,26)/t20-/m0/s1. The molecule has 0 fully saturated rings. The van der Waals surface area contributed by atoms with Gasteiger partial charge >= 0.3 is 5.97 Å². The van der Waals surface area contributed by atoms with Crippen molar-refractivity contribution in [3.05, 3.63) is 69.1 Å². The largest absolute Gasteiger partial charge is 0.467 e. The Labute approximate surface area is 170 Å². The van der Waals surface area contributed by atoms with Gasteiger partial charge in [-0.05, 0) is 49.3 Å². The van der Waals surface area contributed by atoms with Crippen LogP contribution in [0.3, 0.4) is 0 Å². The number of ether oxygens (including phenoxy) is 1. The Morgan fingerprint density at radius 1 is 1.17 bits per heavy atom. The van der Waals surface area contributed by atoms with Crippen LogP contribution in [0.4, 0.5) is 0 Å². The second-order valence-electron chi connectivity index (χ2n) is 7.39. The van der Waals surface area contributed by atoms with Crippen LogP contribution >= 0.6 is 0 Å². The summed E-state index contributed by atoms with van der Waals surface area (Å²) >= 11 is 0. The molecule has 6 nitrogen and oxygen atoms in total. The monoisotopic (exact) mass is 396 g/mol. The summed E-state index contributed by atoms with van der Waals surface area (Å²) in [4.78, 5) is 38.5. The van der Waals surface area contributed by atoms with E-state index in [0.717, 1.165) is 49.8 Å². The van der Waals surface area contributed by atoms with Gasteiger partial charge in [-0.1, -0.05) is 43.7 Å². The molecule has 1 aromatic carbocycles. The van der Waals surface area contributed by atoms with E-state index in [0.29, 0.717) is 12.1 Å². The summed E-state index contributed by atoms with van der Waals surface area (Å²) in [6.07, 6.45) is 5.69. The number of rotatable bonds is 7. The SMILES string of the molecule is CCCCn1c2c(cc(C(=O)N[C@H](C(=O)OC)c3ccccc3)c1=O)CCCC2. The van der Waals surface area contributed by atoms with Crippen molar-refractivity contribution in [2.45, 2.75) is 58.0 Å². The molecule has 0 aliphatic heterocycles. The highest BCUT2D eigenvalue weighted by molar-refractivity contribution is 5.97. The Hall–Kier alpha value is -2.89. The summed E-state index contributed by atoms with van der Waals surface area (Å²) < 4.78 is 6.63. The number of carbonyl (C=O) groups excluding carboxylic acids is 2. The quantitative estimate of drug-likeness (QED) is 0.729. The molecule has 1 atom stereocenters. The van der Waals surface area contributed by atoms with Crippen molar-refractivity contribution in [2.24, 2.45) is 0 Å². The third-order valence-corrected chi connectivity index (χ3v) is 5.43. The molecule has 0 saturated heterocycles. The highest BCUT2D eigenvalue weighted by Gasteiger charge is 2.27. The molecule has 154 valence electrons. The van der Waals surface area contributed by atoms with Crippen LogP contribution in [0.15, 0.2) is 41.2 Å². The molecule has 1 N–H and O–H groups in total. The third-order valence-electron chi connectivity index (χ3n) is 5.43. The minimum atomic E-state index is -0.965. The zero-order chi connectivity index (χ0) is 20.8. The molecular weight excluding hydrogens is 368 g/mol. The van der Waals surface area contributed by atoms with Crippen molar-refractivity contribution >= 4 is 11.9 Å². The van der Waals surface area contributed by atoms with Crippen molar-refractivity contribution in [3.8, 4) is 0 Å². The van der Waals surface area contributed by atoms with E-state index in [1.54, 1.807) is 34.9 Å². The molecule has 1 aromatic heterocycles. The third kappa shape index (κ3) is 4.58. The number of carbonyl (C=O) groups is 2. The number of esters is 1. The zero-order valence-corrected chi connectivity index (χ0v) is 17.1. The lowest BCUT2D eigenvalue weighted by atomic mass is 9.94. The lowest BCUT2D eigenvalue weighted by Crippen LogP contribution is -2.39. The van der Waals surface area contributed by atoms with E-state index in [2.05, 4.69) is 12.2 Å². The van der Waals surface area contributed by atoms with Crippen LogP contribution in [-0.4, -0.2) is 23.6 Å². The van der Waals surface area contributed by atoms with Crippen LogP contribution in [-0.2, 0) is 28.9 Å². The van der Waals surface area contributed by atoms with Gasteiger partial charge in [0.15, 0.2) is 6.04 Å². The van der Waals surface area contributed by atoms with Gasteiger partial charge in [-0.2, -0.15) is 0 Å². The van der Waals surface area contributed by atoms with Crippen molar-refractivity contribution in [2.75, 3.05) is 7.11 Å². The van der Waals surface area contributed by atoms with Gasteiger partial charge in [0.25, 0.3) is 11.5 Å². The Balaban J connectivity index is 1.97.